The fraction of sp³-hybridized carbons (Fsp3) is 0.133. The Hall–Kier alpha value is -2.96. The Morgan fingerprint density at radius 1 is 1.32 bits per heavy atom. The van der Waals surface area contributed by atoms with E-state index in [0.29, 0.717) is 12.2 Å². The van der Waals surface area contributed by atoms with Gasteiger partial charge >= 0.3 is 0 Å². The molecule has 0 saturated carbocycles. The molecule has 0 amide bonds. The van der Waals surface area contributed by atoms with E-state index in [-0.39, 0.29) is 22.9 Å². The number of fused-ring (bicyclic) bond motifs is 1. The van der Waals surface area contributed by atoms with Gasteiger partial charge in [-0.05, 0) is 25.1 Å². The van der Waals surface area contributed by atoms with E-state index in [1.807, 2.05) is 6.92 Å². The maximum atomic E-state index is 13.7. The van der Waals surface area contributed by atoms with Gasteiger partial charge in [-0.25, -0.2) is 9.37 Å². The van der Waals surface area contributed by atoms with Crippen molar-refractivity contribution in [3.05, 3.63) is 52.7 Å². The van der Waals surface area contributed by atoms with Gasteiger partial charge in [0.05, 0.1) is 5.69 Å². The zero-order valence-electron chi connectivity index (χ0n) is 11.7. The van der Waals surface area contributed by atoms with Crippen molar-refractivity contribution < 1.29 is 9.50 Å². The number of aryl methyl sites for hydroxylation is 1. The van der Waals surface area contributed by atoms with Crippen LogP contribution >= 0.6 is 0 Å². The van der Waals surface area contributed by atoms with Gasteiger partial charge in [0, 0.05) is 30.3 Å². The van der Waals surface area contributed by atoms with Crippen LogP contribution in [-0.2, 0) is 6.54 Å². The Labute approximate surface area is 124 Å². The summed E-state index contributed by atoms with van der Waals surface area (Å²) in [6, 6.07) is 6.84. The number of pyridine rings is 1. The van der Waals surface area contributed by atoms with Crippen molar-refractivity contribution in [1.82, 2.24) is 14.5 Å². The highest BCUT2D eigenvalue weighted by Gasteiger charge is 2.08. The molecule has 112 valence electrons. The Kier molecular flexibility index (Phi) is 3.46. The minimum Gasteiger partial charge on any atom is -0.508 e. The fourth-order valence-electron chi connectivity index (χ4n) is 2.16. The molecule has 0 atom stereocenters. The zero-order chi connectivity index (χ0) is 15.7. The lowest BCUT2D eigenvalue weighted by molar-refractivity contribution is 0.469. The molecule has 1 aromatic carbocycles. The van der Waals surface area contributed by atoms with Gasteiger partial charge in [-0.2, -0.15) is 4.98 Å². The molecule has 0 spiro atoms. The smallest absolute Gasteiger partial charge is 0.252 e. The first-order chi connectivity index (χ1) is 10.6. The summed E-state index contributed by atoms with van der Waals surface area (Å²) in [4.78, 5) is 20.2. The van der Waals surface area contributed by atoms with Gasteiger partial charge in [0.2, 0.25) is 5.95 Å². The Balaban J connectivity index is 2.06. The molecule has 0 aliphatic heterocycles. The van der Waals surface area contributed by atoms with Crippen LogP contribution in [0.4, 0.5) is 16.0 Å². The van der Waals surface area contributed by atoms with Crippen LogP contribution in [0.25, 0.3) is 11.0 Å². The number of halogens is 1. The second-order valence-corrected chi connectivity index (χ2v) is 4.68. The van der Waals surface area contributed by atoms with Crippen LogP contribution in [0.15, 0.2) is 41.3 Å². The lowest BCUT2D eigenvalue weighted by Gasteiger charge is -2.09. The number of phenols is 1. The average Bonchev–Trinajstić information content (AvgIpc) is 2.50. The van der Waals surface area contributed by atoms with E-state index in [0.717, 1.165) is 11.5 Å². The largest absolute Gasteiger partial charge is 0.508 e. The van der Waals surface area contributed by atoms with E-state index >= 15 is 0 Å². The van der Waals surface area contributed by atoms with E-state index in [1.54, 1.807) is 12.3 Å². The van der Waals surface area contributed by atoms with Crippen molar-refractivity contribution in [3.8, 4) is 5.75 Å². The first-order valence-electron chi connectivity index (χ1n) is 6.70. The monoisotopic (exact) mass is 300 g/mol. The van der Waals surface area contributed by atoms with Crippen LogP contribution in [0.5, 0.6) is 5.75 Å². The van der Waals surface area contributed by atoms with Gasteiger partial charge in [-0.15, -0.1) is 0 Å². The van der Waals surface area contributed by atoms with Gasteiger partial charge in [0.15, 0.2) is 0 Å². The van der Waals surface area contributed by atoms with Crippen LogP contribution in [0.2, 0.25) is 0 Å². The van der Waals surface area contributed by atoms with Gasteiger partial charge in [0.25, 0.3) is 5.56 Å². The van der Waals surface area contributed by atoms with E-state index in [2.05, 4.69) is 15.3 Å². The van der Waals surface area contributed by atoms with Crippen LogP contribution in [0.1, 0.15) is 6.92 Å². The second-order valence-electron chi connectivity index (χ2n) is 4.68. The van der Waals surface area contributed by atoms with E-state index in [9.17, 15) is 14.3 Å². The number of aromatic nitrogens is 3. The van der Waals surface area contributed by atoms with Crippen LogP contribution in [-0.4, -0.2) is 19.6 Å². The highest BCUT2D eigenvalue weighted by atomic mass is 19.1. The van der Waals surface area contributed by atoms with Crippen molar-refractivity contribution in [3.63, 3.8) is 0 Å². The van der Waals surface area contributed by atoms with Crippen molar-refractivity contribution in [2.75, 3.05) is 5.32 Å². The molecule has 0 radical (unpaired) electrons. The number of aromatic hydroxyl groups is 1. The summed E-state index contributed by atoms with van der Waals surface area (Å²) in [5, 5.41) is 12.7. The molecule has 0 unspecified atom stereocenters. The molecule has 2 N–H and O–H groups in total. The Morgan fingerprint density at radius 2 is 2.14 bits per heavy atom. The number of rotatable bonds is 3. The third-order valence-corrected chi connectivity index (χ3v) is 3.24. The summed E-state index contributed by atoms with van der Waals surface area (Å²) in [6.45, 7) is 2.32. The van der Waals surface area contributed by atoms with E-state index in [1.165, 1.54) is 22.8 Å². The maximum Gasteiger partial charge on any atom is 0.252 e. The topological polar surface area (TPSA) is 80.0 Å². The SMILES string of the molecule is CCn1c(=O)ccc2cnc(Nc3ccc(O)cc3F)nc21. The van der Waals surface area contributed by atoms with Gasteiger partial charge in [-0.1, -0.05) is 0 Å². The Morgan fingerprint density at radius 3 is 2.86 bits per heavy atom. The summed E-state index contributed by atoms with van der Waals surface area (Å²) < 4.78 is 15.2. The molecule has 3 aromatic rings. The summed E-state index contributed by atoms with van der Waals surface area (Å²) in [6.07, 6.45) is 1.56. The second kappa shape index (κ2) is 5.44. The minimum atomic E-state index is -0.621. The normalized spacial score (nSPS) is 10.8. The van der Waals surface area contributed by atoms with E-state index in [4.69, 9.17) is 0 Å². The summed E-state index contributed by atoms with van der Waals surface area (Å²) in [5.74, 6) is -0.614. The van der Waals surface area contributed by atoms with Crippen LogP contribution < -0.4 is 10.9 Å². The standard InChI is InChI=1S/C15H13FN4O2/c1-2-20-13(22)6-3-9-8-17-15(19-14(9)20)18-12-5-4-10(21)7-11(12)16/h3-8,21H,2H2,1H3,(H,17,18,19). The van der Waals surface area contributed by atoms with Crippen LogP contribution in [0, 0.1) is 5.82 Å². The molecular formula is C15H13FN4O2. The quantitative estimate of drug-likeness (QED) is 0.726. The molecule has 0 saturated heterocycles. The molecule has 0 bridgehead atoms. The molecular weight excluding hydrogens is 287 g/mol. The molecule has 0 aliphatic carbocycles. The average molecular weight is 300 g/mol. The maximum absolute atomic E-state index is 13.7. The number of hydrogen-bond acceptors (Lipinski definition) is 5. The van der Waals surface area contributed by atoms with Gasteiger partial charge in [-0.3, -0.25) is 9.36 Å². The number of nitrogens with zero attached hydrogens (tertiary/aromatic N) is 3. The number of benzene rings is 1. The molecule has 2 aromatic heterocycles. The molecule has 6 nitrogen and oxygen atoms in total. The molecule has 3 rings (SSSR count). The third kappa shape index (κ3) is 2.48. The number of hydrogen-bond donors (Lipinski definition) is 2. The van der Waals surface area contributed by atoms with Gasteiger partial charge in [0.1, 0.15) is 17.2 Å². The van der Waals surface area contributed by atoms with E-state index < -0.39 is 5.82 Å². The number of nitrogens with one attached hydrogen (secondary N) is 1. The predicted octanol–water partition coefficient (Wildman–Crippen LogP) is 2.40. The first kappa shape index (κ1) is 14.0. The predicted molar refractivity (Wildman–Crippen MR) is 80.8 cm³/mol. The number of anilines is 2. The third-order valence-electron chi connectivity index (χ3n) is 3.24. The summed E-state index contributed by atoms with van der Waals surface area (Å²) in [7, 11) is 0. The minimum absolute atomic E-state index is 0.137. The summed E-state index contributed by atoms with van der Waals surface area (Å²) >= 11 is 0. The molecule has 7 heteroatoms. The van der Waals surface area contributed by atoms with Crippen molar-refractivity contribution in [2.24, 2.45) is 0 Å². The Bertz CT molecular complexity index is 908. The van der Waals surface area contributed by atoms with Crippen molar-refractivity contribution in [2.45, 2.75) is 13.5 Å². The fourth-order valence-corrected chi connectivity index (χ4v) is 2.16. The number of phenolic OH excluding ortho intramolecular Hbond substituents is 1. The lowest BCUT2D eigenvalue weighted by Crippen LogP contribution is -2.19. The zero-order valence-corrected chi connectivity index (χ0v) is 11.7. The van der Waals surface area contributed by atoms with Gasteiger partial charge < -0.3 is 10.4 Å². The lowest BCUT2D eigenvalue weighted by atomic mass is 10.3. The highest BCUT2D eigenvalue weighted by Crippen LogP contribution is 2.22. The molecule has 22 heavy (non-hydrogen) atoms. The summed E-state index contributed by atoms with van der Waals surface area (Å²) in [5.41, 5.74) is 0.459. The molecule has 0 aliphatic rings. The van der Waals surface area contributed by atoms with Crippen LogP contribution in [0.3, 0.4) is 0 Å². The molecule has 2 heterocycles. The first-order valence-corrected chi connectivity index (χ1v) is 6.70. The van der Waals surface area contributed by atoms with Crippen molar-refractivity contribution >= 4 is 22.7 Å². The molecule has 0 fully saturated rings. The van der Waals surface area contributed by atoms with Crippen molar-refractivity contribution in [1.29, 1.82) is 0 Å². The highest BCUT2D eigenvalue weighted by molar-refractivity contribution is 5.75.